The van der Waals surface area contributed by atoms with Crippen LogP contribution in [-0.2, 0) is 6.54 Å². The van der Waals surface area contributed by atoms with E-state index in [-0.39, 0.29) is 17.1 Å². The average molecular weight is 388 g/mol. The first-order valence-corrected chi connectivity index (χ1v) is 8.74. The van der Waals surface area contributed by atoms with E-state index in [0.717, 1.165) is 28.9 Å². The number of nitrogens with zero attached hydrogens (tertiary/aromatic N) is 3. The predicted molar refractivity (Wildman–Crippen MR) is 103 cm³/mol. The molecule has 3 N–H and O–H groups in total. The summed E-state index contributed by atoms with van der Waals surface area (Å²) in [5.74, 6) is -0.0536. The molecule has 1 aromatic carbocycles. The van der Waals surface area contributed by atoms with Gasteiger partial charge in [-0.25, -0.2) is 18.7 Å². The van der Waals surface area contributed by atoms with Crippen LogP contribution in [0, 0.1) is 11.6 Å². The van der Waals surface area contributed by atoms with Crippen molar-refractivity contribution in [1.82, 2.24) is 9.97 Å². The highest BCUT2D eigenvalue weighted by molar-refractivity contribution is 6.31. The number of halogens is 3. The molecule has 4 rings (SSSR count). The summed E-state index contributed by atoms with van der Waals surface area (Å²) in [7, 11) is 0. The van der Waals surface area contributed by atoms with Crippen LogP contribution in [0.3, 0.4) is 0 Å². The fourth-order valence-corrected chi connectivity index (χ4v) is 3.28. The van der Waals surface area contributed by atoms with Crippen LogP contribution in [0.4, 0.5) is 26.1 Å². The third-order valence-electron chi connectivity index (χ3n) is 4.49. The van der Waals surface area contributed by atoms with Gasteiger partial charge in [-0.1, -0.05) is 11.6 Å². The molecule has 0 unspecified atom stereocenters. The number of nitrogens with two attached hydrogens (primary N) is 1. The molecule has 0 aliphatic carbocycles. The lowest BCUT2D eigenvalue weighted by atomic mass is 10.1. The van der Waals surface area contributed by atoms with Crippen molar-refractivity contribution in [2.45, 2.75) is 6.54 Å². The number of benzene rings is 1. The van der Waals surface area contributed by atoms with Crippen LogP contribution in [0.2, 0.25) is 5.02 Å². The predicted octanol–water partition coefficient (Wildman–Crippen LogP) is 4.09. The second-order valence-corrected chi connectivity index (χ2v) is 6.61. The molecule has 1 aliphatic heterocycles. The van der Waals surface area contributed by atoms with E-state index < -0.39 is 11.6 Å². The summed E-state index contributed by atoms with van der Waals surface area (Å²) in [4.78, 5) is 10.5. The van der Waals surface area contributed by atoms with Gasteiger partial charge in [0, 0.05) is 48.7 Å². The van der Waals surface area contributed by atoms with Crippen LogP contribution < -0.4 is 16.0 Å². The number of anilines is 3. The van der Waals surface area contributed by atoms with Crippen LogP contribution in [0.1, 0.15) is 5.56 Å². The van der Waals surface area contributed by atoms with Crippen LogP contribution in [-0.4, -0.2) is 23.1 Å². The third kappa shape index (κ3) is 3.38. The lowest BCUT2D eigenvalue weighted by Gasteiger charge is -2.32. The number of nitrogens with one attached hydrogen (secondary N) is 1. The van der Waals surface area contributed by atoms with Gasteiger partial charge < -0.3 is 16.0 Å². The Morgan fingerprint density at radius 1 is 1.07 bits per heavy atom. The Morgan fingerprint density at radius 3 is 2.63 bits per heavy atom. The molecule has 0 saturated carbocycles. The highest BCUT2D eigenvalue weighted by Crippen LogP contribution is 2.34. The Morgan fingerprint density at radius 2 is 1.85 bits per heavy atom. The van der Waals surface area contributed by atoms with Gasteiger partial charge in [0.25, 0.3) is 0 Å². The quantitative estimate of drug-likeness (QED) is 0.662. The second kappa shape index (κ2) is 7.00. The van der Waals surface area contributed by atoms with Gasteiger partial charge in [-0.15, -0.1) is 0 Å². The maximum Gasteiger partial charge on any atom is 0.149 e. The van der Waals surface area contributed by atoms with Crippen LogP contribution in [0.25, 0.3) is 11.1 Å². The summed E-state index contributed by atoms with van der Waals surface area (Å²) >= 11 is 5.99. The Bertz CT molecular complexity index is 994. The van der Waals surface area contributed by atoms with Crippen LogP contribution in [0.5, 0.6) is 0 Å². The van der Waals surface area contributed by atoms with Crippen molar-refractivity contribution in [3.05, 3.63) is 64.9 Å². The lowest BCUT2D eigenvalue weighted by Crippen LogP contribution is -2.34. The van der Waals surface area contributed by atoms with Gasteiger partial charge in [0.05, 0.1) is 10.7 Å². The smallest absolute Gasteiger partial charge is 0.149 e. The zero-order valence-corrected chi connectivity index (χ0v) is 15.0. The molecule has 0 bridgehead atoms. The Labute approximate surface area is 159 Å². The van der Waals surface area contributed by atoms with E-state index in [0.29, 0.717) is 24.7 Å². The molecule has 0 fully saturated rings. The summed E-state index contributed by atoms with van der Waals surface area (Å²) in [6, 6.07) is 7.63. The fourth-order valence-electron chi connectivity index (χ4n) is 3.06. The van der Waals surface area contributed by atoms with Gasteiger partial charge in [-0.3, -0.25) is 0 Å². The monoisotopic (exact) mass is 387 g/mol. The molecule has 8 heteroatoms. The fraction of sp³-hybridized carbons (Fsp3) is 0.158. The summed E-state index contributed by atoms with van der Waals surface area (Å²) < 4.78 is 28.0. The molecule has 27 heavy (non-hydrogen) atoms. The summed E-state index contributed by atoms with van der Waals surface area (Å²) in [6.07, 6.45) is 3.40. The molecule has 2 aromatic heterocycles. The maximum absolute atomic E-state index is 14.2. The van der Waals surface area contributed by atoms with E-state index in [1.807, 2.05) is 17.0 Å². The average Bonchev–Trinajstić information content (AvgIpc) is 2.68. The number of hydrogen-bond acceptors (Lipinski definition) is 5. The van der Waals surface area contributed by atoms with Crippen molar-refractivity contribution in [2.75, 3.05) is 29.0 Å². The van der Waals surface area contributed by atoms with E-state index in [1.165, 1.54) is 0 Å². The van der Waals surface area contributed by atoms with E-state index in [4.69, 9.17) is 17.3 Å². The van der Waals surface area contributed by atoms with Gasteiger partial charge in [0.2, 0.25) is 0 Å². The zero-order chi connectivity index (χ0) is 19.0. The highest BCUT2D eigenvalue weighted by Gasteiger charge is 2.22. The Balaban J connectivity index is 1.71. The number of nitrogen functional groups attached to an aromatic ring is 1. The molecule has 138 valence electrons. The van der Waals surface area contributed by atoms with Crippen LogP contribution >= 0.6 is 11.6 Å². The van der Waals surface area contributed by atoms with E-state index in [1.54, 1.807) is 18.5 Å². The minimum absolute atomic E-state index is 0.129. The molecule has 3 aromatic rings. The van der Waals surface area contributed by atoms with Gasteiger partial charge in [-0.2, -0.15) is 0 Å². The SMILES string of the molecule is Nc1ccc(-c2cnc3c(c2)N(Cc2c(F)ccc(F)c2Cl)CCN3)cn1. The molecule has 0 amide bonds. The molecule has 0 spiro atoms. The van der Waals surface area contributed by atoms with Crippen molar-refractivity contribution in [3.63, 3.8) is 0 Å². The van der Waals surface area contributed by atoms with Gasteiger partial charge in [0.1, 0.15) is 23.3 Å². The van der Waals surface area contributed by atoms with Crippen molar-refractivity contribution >= 4 is 28.9 Å². The molecular formula is C19H16ClF2N5. The van der Waals surface area contributed by atoms with Crippen molar-refractivity contribution in [3.8, 4) is 11.1 Å². The number of rotatable bonds is 3. The molecule has 1 aliphatic rings. The standard InChI is InChI=1S/C19H16ClF2N5/c20-18-13(14(21)2-3-15(18)22)10-27-6-5-24-19-16(27)7-12(9-26-19)11-1-4-17(23)25-8-11/h1-4,7-9H,5-6,10H2,(H2,23,25)(H,24,26). The van der Waals surface area contributed by atoms with Gasteiger partial charge in [0.15, 0.2) is 0 Å². The number of aromatic nitrogens is 2. The topological polar surface area (TPSA) is 67.1 Å². The van der Waals surface area contributed by atoms with Gasteiger partial charge in [-0.05, 0) is 30.3 Å². The van der Waals surface area contributed by atoms with E-state index in [9.17, 15) is 8.78 Å². The first-order chi connectivity index (χ1) is 13.0. The normalized spacial score (nSPS) is 13.2. The van der Waals surface area contributed by atoms with E-state index >= 15 is 0 Å². The summed E-state index contributed by atoms with van der Waals surface area (Å²) in [6.45, 7) is 1.38. The molecule has 0 atom stereocenters. The number of hydrogen-bond donors (Lipinski definition) is 2. The van der Waals surface area contributed by atoms with Gasteiger partial charge >= 0.3 is 0 Å². The number of pyridine rings is 2. The zero-order valence-electron chi connectivity index (χ0n) is 14.2. The molecule has 0 saturated heterocycles. The van der Waals surface area contributed by atoms with Crippen molar-refractivity contribution in [1.29, 1.82) is 0 Å². The third-order valence-corrected chi connectivity index (χ3v) is 4.90. The van der Waals surface area contributed by atoms with Crippen molar-refractivity contribution in [2.24, 2.45) is 0 Å². The largest absolute Gasteiger partial charge is 0.384 e. The second-order valence-electron chi connectivity index (χ2n) is 6.23. The molecule has 5 nitrogen and oxygen atoms in total. The first kappa shape index (κ1) is 17.5. The Kier molecular flexibility index (Phi) is 4.53. The minimum Gasteiger partial charge on any atom is -0.384 e. The summed E-state index contributed by atoms with van der Waals surface area (Å²) in [5.41, 5.74) is 8.27. The number of fused-ring (bicyclic) bond motifs is 1. The van der Waals surface area contributed by atoms with E-state index in [2.05, 4.69) is 15.3 Å². The first-order valence-electron chi connectivity index (χ1n) is 8.36. The maximum atomic E-state index is 14.2. The molecule has 3 heterocycles. The molecular weight excluding hydrogens is 372 g/mol. The Hall–Kier alpha value is -2.93. The lowest BCUT2D eigenvalue weighted by molar-refractivity contribution is 0.581. The molecule has 0 radical (unpaired) electrons. The minimum atomic E-state index is -0.636. The van der Waals surface area contributed by atoms with Crippen LogP contribution in [0.15, 0.2) is 42.7 Å². The summed E-state index contributed by atoms with van der Waals surface area (Å²) in [5, 5.41) is 3.02. The highest BCUT2D eigenvalue weighted by atomic mass is 35.5. The van der Waals surface area contributed by atoms with Crippen molar-refractivity contribution < 1.29 is 8.78 Å².